The van der Waals surface area contributed by atoms with Gasteiger partial charge < -0.3 is 10.6 Å². The third-order valence-corrected chi connectivity index (χ3v) is 6.01. The maximum Gasteiger partial charge on any atom is 0.191 e. The van der Waals surface area contributed by atoms with E-state index in [4.69, 9.17) is 0 Å². The summed E-state index contributed by atoms with van der Waals surface area (Å²) in [5, 5.41) is 7.98. The SMILES string of the molecule is CN=C(NCc1nc(C)c(C)s1)NCC1CCCN1Cc1ccccc1. The van der Waals surface area contributed by atoms with Crippen molar-refractivity contribution in [1.29, 1.82) is 0 Å². The van der Waals surface area contributed by atoms with Gasteiger partial charge >= 0.3 is 0 Å². The summed E-state index contributed by atoms with van der Waals surface area (Å²) in [6.07, 6.45) is 2.50. The van der Waals surface area contributed by atoms with Crippen molar-refractivity contribution in [2.45, 2.75) is 45.8 Å². The van der Waals surface area contributed by atoms with E-state index in [9.17, 15) is 0 Å². The van der Waals surface area contributed by atoms with Gasteiger partial charge in [0.15, 0.2) is 5.96 Å². The first-order valence-electron chi connectivity index (χ1n) is 9.31. The molecule has 2 N–H and O–H groups in total. The maximum absolute atomic E-state index is 4.58. The Morgan fingerprint density at radius 3 is 2.77 bits per heavy atom. The Hall–Kier alpha value is -1.92. The van der Waals surface area contributed by atoms with Crippen molar-refractivity contribution < 1.29 is 0 Å². The summed E-state index contributed by atoms with van der Waals surface area (Å²) in [6.45, 7) is 8.01. The van der Waals surface area contributed by atoms with Crippen molar-refractivity contribution in [2.75, 3.05) is 20.1 Å². The van der Waals surface area contributed by atoms with Crippen LogP contribution in [0.3, 0.4) is 0 Å². The minimum atomic E-state index is 0.554. The summed E-state index contributed by atoms with van der Waals surface area (Å²) in [7, 11) is 1.82. The van der Waals surface area contributed by atoms with Crippen LogP contribution < -0.4 is 10.6 Å². The summed E-state index contributed by atoms with van der Waals surface area (Å²) in [5.74, 6) is 0.849. The quantitative estimate of drug-likeness (QED) is 0.605. The summed E-state index contributed by atoms with van der Waals surface area (Å²) in [6, 6.07) is 11.3. The first kappa shape index (κ1) is 18.9. The number of aliphatic imine (C=N–C) groups is 1. The van der Waals surface area contributed by atoms with Gasteiger partial charge in [-0.3, -0.25) is 9.89 Å². The Labute approximate surface area is 160 Å². The van der Waals surface area contributed by atoms with E-state index in [2.05, 4.69) is 69.7 Å². The molecule has 0 saturated carbocycles. The number of nitrogens with one attached hydrogen (secondary N) is 2. The molecule has 1 aromatic heterocycles. The molecule has 2 aromatic rings. The molecule has 1 atom stereocenters. The molecule has 3 rings (SSSR count). The normalized spacial score (nSPS) is 18.3. The van der Waals surface area contributed by atoms with E-state index in [0.29, 0.717) is 6.04 Å². The van der Waals surface area contributed by atoms with Gasteiger partial charge in [-0.15, -0.1) is 11.3 Å². The van der Waals surface area contributed by atoms with E-state index in [-0.39, 0.29) is 0 Å². The van der Waals surface area contributed by atoms with Crippen molar-refractivity contribution in [1.82, 2.24) is 20.5 Å². The molecular weight excluding hydrogens is 342 g/mol. The van der Waals surface area contributed by atoms with E-state index in [1.54, 1.807) is 11.3 Å². The number of aryl methyl sites for hydroxylation is 2. The molecule has 1 saturated heterocycles. The molecule has 0 spiro atoms. The number of thiazole rings is 1. The molecule has 0 radical (unpaired) electrons. The fraction of sp³-hybridized carbons (Fsp3) is 0.500. The molecule has 140 valence electrons. The predicted molar refractivity (Wildman–Crippen MR) is 110 cm³/mol. The molecule has 0 amide bonds. The van der Waals surface area contributed by atoms with E-state index < -0.39 is 0 Å². The van der Waals surface area contributed by atoms with Crippen molar-refractivity contribution in [2.24, 2.45) is 4.99 Å². The Balaban J connectivity index is 1.48. The summed E-state index contributed by atoms with van der Waals surface area (Å²) in [5.41, 5.74) is 2.51. The van der Waals surface area contributed by atoms with Crippen molar-refractivity contribution in [3.63, 3.8) is 0 Å². The maximum atomic E-state index is 4.58. The fourth-order valence-corrected chi connectivity index (χ4v) is 4.24. The van der Waals surface area contributed by atoms with Crippen LogP contribution in [0.2, 0.25) is 0 Å². The minimum absolute atomic E-state index is 0.554. The van der Waals surface area contributed by atoms with E-state index in [1.807, 2.05) is 7.05 Å². The molecule has 1 fully saturated rings. The van der Waals surface area contributed by atoms with Crippen LogP contribution in [0.15, 0.2) is 35.3 Å². The van der Waals surface area contributed by atoms with Crippen LogP contribution in [-0.4, -0.2) is 42.0 Å². The van der Waals surface area contributed by atoms with Gasteiger partial charge in [0.1, 0.15) is 5.01 Å². The second-order valence-corrected chi connectivity index (χ2v) is 8.10. The number of benzene rings is 1. The first-order valence-corrected chi connectivity index (χ1v) is 10.1. The molecule has 1 aliphatic rings. The van der Waals surface area contributed by atoms with Gasteiger partial charge in [-0.1, -0.05) is 30.3 Å². The van der Waals surface area contributed by atoms with Crippen molar-refractivity contribution in [3.8, 4) is 0 Å². The number of guanidine groups is 1. The van der Waals surface area contributed by atoms with Gasteiger partial charge in [-0.25, -0.2) is 4.98 Å². The summed E-state index contributed by atoms with van der Waals surface area (Å²) < 4.78 is 0. The zero-order chi connectivity index (χ0) is 18.4. The minimum Gasteiger partial charge on any atom is -0.355 e. The van der Waals surface area contributed by atoms with Gasteiger partial charge in [0.25, 0.3) is 0 Å². The Morgan fingerprint density at radius 1 is 1.27 bits per heavy atom. The standard InChI is InChI=1S/C20H29N5S/c1-15-16(2)26-19(24-15)13-23-20(21-3)22-12-18-10-7-11-25(18)14-17-8-5-4-6-9-17/h4-6,8-9,18H,7,10-14H2,1-3H3,(H2,21,22,23). The number of nitrogens with zero attached hydrogens (tertiary/aromatic N) is 3. The fourth-order valence-electron chi connectivity index (χ4n) is 3.36. The van der Waals surface area contributed by atoms with Crippen LogP contribution in [0.1, 0.15) is 34.0 Å². The van der Waals surface area contributed by atoms with E-state index in [1.165, 1.54) is 29.8 Å². The Morgan fingerprint density at radius 2 is 2.08 bits per heavy atom. The van der Waals surface area contributed by atoms with Crippen LogP contribution in [0.25, 0.3) is 0 Å². The first-order chi connectivity index (χ1) is 12.7. The molecular formula is C20H29N5S. The van der Waals surface area contributed by atoms with E-state index in [0.717, 1.165) is 36.3 Å². The predicted octanol–water partition coefficient (Wildman–Crippen LogP) is 3.09. The number of likely N-dealkylation sites (tertiary alicyclic amines) is 1. The second kappa shape index (κ2) is 9.14. The summed E-state index contributed by atoms with van der Waals surface area (Å²) >= 11 is 1.75. The number of hydrogen-bond acceptors (Lipinski definition) is 4. The van der Waals surface area contributed by atoms with Crippen LogP contribution in [0, 0.1) is 13.8 Å². The summed E-state index contributed by atoms with van der Waals surface area (Å²) in [4.78, 5) is 12.8. The molecule has 26 heavy (non-hydrogen) atoms. The molecule has 5 nitrogen and oxygen atoms in total. The lowest BCUT2D eigenvalue weighted by Gasteiger charge is -2.25. The van der Waals surface area contributed by atoms with Crippen molar-refractivity contribution in [3.05, 3.63) is 51.5 Å². The monoisotopic (exact) mass is 371 g/mol. The molecule has 1 unspecified atom stereocenters. The smallest absolute Gasteiger partial charge is 0.191 e. The molecule has 1 aromatic carbocycles. The lowest BCUT2D eigenvalue weighted by molar-refractivity contribution is 0.245. The number of hydrogen-bond donors (Lipinski definition) is 2. The molecule has 0 bridgehead atoms. The molecule has 2 heterocycles. The Kier molecular flexibility index (Phi) is 6.63. The topological polar surface area (TPSA) is 52.6 Å². The third-order valence-electron chi connectivity index (χ3n) is 4.94. The van der Waals surface area contributed by atoms with Crippen molar-refractivity contribution >= 4 is 17.3 Å². The van der Waals surface area contributed by atoms with Gasteiger partial charge in [-0.05, 0) is 38.8 Å². The largest absolute Gasteiger partial charge is 0.355 e. The third kappa shape index (κ3) is 5.05. The number of rotatable bonds is 6. The van der Waals surface area contributed by atoms with Gasteiger partial charge in [-0.2, -0.15) is 0 Å². The van der Waals surface area contributed by atoms with Crippen LogP contribution in [-0.2, 0) is 13.1 Å². The van der Waals surface area contributed by atoms with E-state index >= 15 is 0 Å². The highest BCUT2D eigenvalue weighted by atomic mass is 32.1. The highest BCUT2D eigenvalue weighted by Crippen LogP contribution is 2.19. The lowest BCUT2D eigenvalue weighted by Crippen LogP contribution is -2.44. The van der Waals surface area contributed by atoms with Gasteiger partial charge in [0, 0.05) is 31.1 Å². The van der Waals surface area contributed by atoms with Crippen LogP contribution >= 0.6 is 11.3 Å². The average Bonchev–Trinajstić information content (AvgIpc) is 3.22. The van der Waals surface area contributed by atoms with Gasteiger partial charge in [0.05, 0.1) is 12.2 Å². The number of aromatic nitrogens is 1. The van der Waals surface area contributed by atoms with Crippen LogP contribution in [0.5, 0.6) is 0 Å². The Bertz CT molecular complexity index is 706. The van der Waals surface area contributed by atoms with Crippen LogP contribution in [0.4, 0.5) is 0 Å². The molecule has 1 aliphatic heterocycles. The molecule has 6 heteroatoms. The lowest BCUT2D eigenvalue weighted by atomic mass is 10.2. The zero-order valence-electron chi connectivity index (χ0n) is 16.0. The van der Waals surface area contributed by atoms with Gasteiger partial charge in [0.2, 0.25) is 0 Å². The highest BCUT2D eigenvalue weighted by Gasteiger charge is 2.24. The average molecular weight is 372 g/mol. The molecule has 0 aliphatic carbocycles. The second-order valence-electron chi connectivity index (χ2n) is 6.81. The zero-order valence-corrected chi connectivity index (χ0v) is 16.8. The highest BCUT2D eigenvalue weighted by molar-refractivity contribution is 7.11.